The van der Waals surface area contributed by atoms with Gasteiger partial charge in [0.25, 0.3) is 0 Å². The van der Waals surface area contributed by atoms with E-state index in [2.05, 4.69) is 15.0 Å². The van der Waals surface area contributed by atoms with Crippen LogP contribution < -0.4 is 4.72 Å². The maximum Gasteiger partial charge on any atom is 0.357 e. The molecule has 108 valence electrons. The Morgan fingerprint density at radius 3 is 2.48 bits per heavy atom. The second-order valence-electron chi connectivity index (χ2n) is 3.90. The van der Waals surface area contributed by atoms with Crippen molar-refractivity contribution in [2.75, 3.05) is 4.72 Å². The Balaban J connectivity index is 0.000000154. The number of fused-ring (bicyclic) bond motifs is 1. The van der Waals surface area contributed by atoms with Gasteiger partial charge in [0, 0.05) is 17.8 Å². The first-order valence-electron chi connectivity index (χ1n) is 5.84. The van der Waals surface area contributed by atoms with Crippen LogP contribution in [0.4, 0.5) is 5.69 Å². The van der Waals surface area contributed by atoms with E-state index >= 15 is 0 Å². The van der Waals surface area contributed by atoms with Crippen molar-refractivity contribution >= 4 is 26.9 Å². The minimum atomic E-state index is -4.17. The molecule has 1 aromatic carbocycles. The quantitative estimate of drug-likeness (QED) is 0.701. The summed E-state index contributed by atoms with van der Waals surface area (Å²) >= 11 is 0. The fourth-order valence-corrected chi connectivity index (χ4v) is 1.91. The summed E-state index contributed by atoms with van der Waals surface area (Å²) in [5.41, 5.74) is 1.23. The lowest BCUT2D eigenvalue weighted by molar-refractivity contribution is 0.489. The predicted octanol–water partition coefficient (Wildman–Crippen LogP) is 1.93. The van der Waals surface area contributed by atoms with E-state index in [9.17, 15) is 8.42 Å². The standard InChI is InChI=1S/C8H6N2.C5H6N2O3S/c1-2-4-8-7(3-1)5-9-6-10-8;8-11(9,10)7-5-2-1-3-6-4-5/h1-6H;1-4,7H,(H,8,9,10). The maximum absolute atomic E-state index is 10.2. The summed E-state index contributed by atoms with van der Waals surface area (Å²) < 4.78 is 30.6. The Morgan fingerprint density at radius 1 is 1.00 bits per heavy atom. The van der Waals surface area contributed by atoms with Gasteiger partial charge in [0.05, 0.1) is 17.4 Å². The summed E-state index contributed by atoms with van der Waals surface area (Å²) in [6, 6.07) is 10.9. The fourth-order valence-electron chi connectivity index (χ4n) is 1.50. The average molecular weight is 304 g/mol. The molecule has 0 radical (unpaired) electrons. The van der Waals surface area contributed by atoms with Gasteiger partial charge < -0.3 is 0 Å². The van der Waals surface area contributed by atoms with E-state index in [-0.39, 0.29) is 5.69 Å². The van der Waals surface area contributed by atoms with Crippen LogP contribution in [0.15, 0.2) is 61.3 Å². The second kappa shape index (κ2) is 6.73. The summed E-state index contributed by atoms with van der Waals surface area (Å²) in [6.45, 7) is 0. The van der Waals surface area contributed by atoms with Crippen LogP contribution in [0.2, 0.25) is 0 Å². The zero-order chi connectivity index (χ0) is 15.1. The highest BCUT2D eigenvalue weighted by Gasteiger charge is 2.01. The number of anilines is 1. The first-order valence-corrected chi connectivity index (χ1v) is 7.28. The van der Waals surface area contributed by atoms with E-state index < -0.39 is 10.3 Å². The maximum atomic E-state index is 10.2. The summed E-state index contributed by atoms with van der Waals surface area (Å²) in [5.74, 6) is 0. The largest absolute Gasteiger partial charge is 0.357 e. The van der Waals surface area contributed by atoms with E-state index in [0.717, 1.165) is 10.9 Å². The van der Waals surface area contributed by atoms with Crippen molar-refractivity contribution in [2.24, 2.45) is 0 Å². The molecule has 8 heteroatoms. The van der Waals surface area contributed by atoms with E-state index in [0.29, 0.717) is 0 Å². The summed E-state index contributed by atoms with van der Waals surface area (Å²) in [5, 5.41) is 1.09. The van der Waals surface area contributed by atoms with Crippen LogP contribution in [0.5, 0.6) is 0 Å². The van der Waals surface area contributed by atoms with Crippen LogP contribution in [-0.4, -0.2) is 27.9 Å². The van der Waals surface area contributed by atoms with E-state index in [4.69, 9.17) is 4.55 Å². The summed E-state index contributed by atoms with van der Waals surface area (Å²) in [7, 11) is -4.17. The minimum Gasteiger partial charge on any atom is -0.269 e. The molecule has 0 aliphatic heterocycles. The van der Waals surface area contributed by atoms with Crippen molar-refractivity contribution in [3.05, 3.63) is 61.3 Å². The number of hydrogen-bond acceptors (Lipinski definition) is 5. The van der Waals surface area contributed by atoms with Crippen molar-refractivity contribution in [1.29, 1.82) is 0 Å². The summed E-state index contributed by atoms with van der Waals surface area (Å²) in [6.07, 6.45) is 6.15. The predicted molar refractivity (Wildman–Crippen MR) is 78.9 cm³/mol. The van der Waals surface area contributed by atoms with Gasteiger partial charge in [-0.15, -0.1) is 0 Å². The van der Waals surface area contributed by atoms with E-state index in [1.807, 2.05) is 35.2 Å². The molecule has 21 heavy (non-hydrogen) atoms. The fraction of sp³-hybridized carbons (Fsp3) is 0. The molecule has 0 fully saturated rings. The van der Waals surface area contributed by atoms with Gasteiger partial charge >= 0.3 is 10.3 Å². The Kier molecular flexibility index (Phi) is 4.75. The van der Waals surface area contributed by atoms with Gasteiger partial charge in [-0.05, 0) is 18.2 Å². The third kappa shape index (κ3) is 5.13. The molecule has 0 aliphatic carbocycles. The van der Waals surface area contributed by atoms with Crippen molar-refractivity contribution in [3.8, 4) is 0 Å². The third-order valence-electron chi connectivity index (χ3n) is 2.32. The van der Waals surface area contributed by atoms with Crippen molar-refractivity contribution < 1.29 is 13.0 Å². The number of benzene rings is 1. The molecule has 2 aromatic heterocycles. The molecule has 7 nitrogen and oxygen atoms in total. The number of nitrogens with zero attached hydrogens (tertiary/aromatic N) is 3. The number of hydrogen-bond donors (Lipinski definition) is 2. The van der Waals surface area contributed by atoms with Gasteiger partial charge in [-0.1, -0.05) is 18.2 Å². The number of pyridine rings is 1. The van der Waals surface area contributed by atoms with E-state index in [1.165, 1.54) is 18.5 Å². The average Bonchev–Trinajstić information content (AvgIpc) is 2.47. The van der Waals surface area contributed by atoms with Crippen LogP contribution in [0.25, 0.3) is 10.9 Å². The Hall–Kier alpha value is -2.58. The normalized spacial score (nSPS) is 10.5. The Labute approximate surface area is 121 Å². The van der Waals surface area contributed by atoms with Crippen molar-refractivity contribution in [2.45, 2.75) is 0 Å². The number of nitrogens with one attached hydrogen (secondary N) is 1. The second-order valence-corrected chi connectivity index (χ2v) is 5.05. The van der Waals surface area contributed by atoms with Gasteiger partial charge in [0.2, 0.25) is 0 Å². The van der Waals surface area contributed by atoms with Gasteiger partial charge in [0.1, 0.15) is 6.33 Å². The highest BCUT2D eigenvalue weighted by atomic mass is 32.2. The third-order valence-corrected chi connectivity index (χ3v) is 2.82. The number of aromatic nitrogens is 3. The monoisotopic (exact) mass is 304 g/mol. The molecular formula is C13H12N4O3S. The Morgan fingerprint density at radius 2 is 1.81 bits per heavy atom. The molecule has 0 spiro atoms. The Bertz CT molecular complexity index is 744. The molecule has 3 rings (SSSR count). The SMILES string of the molecule is O=S(=O)(O)Nc1cccnc1.c1ccc2ncncc2c1. The number of para-hydroxylation sites is 1. The first-order chi connectivity index (χ1) is 10.0. The lowest BCUT2D eigenvalue weighted by atomic mass is 10.2. The van der Waals surface area contributed by atoms with Gasteiger partial charge in [-0.3, -0.25) is 14.3 Å². The summed E-state index contributed by atoms with van der Waals surface area (Å²) in [4.78, 5) is 11.6. The first kappa shape index (κ1) is 14.8. The molecule has 0 saturated carbocycles. The lowest BCUT2D eigenvalue weighted by Gasteiger charge is -1.98. The minimum absolute atomic E-state index is 0.231. The molecule has 0 bridgehead atoms. The molecule has 3 aromatic rings. The molecule has 0 unspecified atom stereocenters. The molecule has 2 heterocycles. The van der Waals surface area contributed by atoms with E-state index in [1.54, 1.807) is 12.4 Å². The zero-order valence-corrected chi connectivity index (χ0v) is 11.6. The smallest absolute Gasteiger partial charge is 0.269 e. The number of rotatable bonds is 2. The van der Waals surface area contributed by atoms with Crippen molar-refractivity contribution in [3.63, 3.8) is 0 Å². The molecule has 0 aliphatic rings. The van der Waals surface area contributed by atoms with Gasteiger partial charge in [-0.25, -0.2) is 9.97 Å². The van der Waals surface area contributed by atoms with Crippen molar-refractivity contribution in [1.82, 2.24) is 15.0 Å². The topological polar surface area (TPSA) is 105 Å². The molecular weight excluding hydrogens is 292 g/mol. The molecule has 0 saturated heterocycles. The van der Waals surface area contributed by atoms with Gasteiger partial charge in [0.15, 0.2) is 0 Å². The van der Waals surface area contributed by atoms with Crippen LogP contribution in [0, 0.1) is 0 Å². The van der Waals surface area contributed by atoms with Crippen LogP contribution in [-0.2, 0) is 10.3 Å². The molecule has 0 atom stereocenters. The lowest BCUT2D eigenvalue weighted by Crippen LogP contribution is -2.10. The van der Waals surface area contributed by atoms with Crippen LogP contribution in [0.1, 0.15) is 0 Å². The van der Waals surface area contributed by atoms with Gasteiger partial charge in [-0.2, -0.15) is 8.42 Å². The molecule has 0 amide bonds. The highest BCUT2D eigenvalue weighted by Crippen LogP contribution is 2.06. The molecule has 2 N–H and O–H groups in total. The van der Waals surface area contributed by atoms with Crippen LogP contribution >= 0.6 is 0 Å². The highest BCUT2D eigenvalue weighted by molar-refractivity contribution is 7.87. The van der Waals surface area contributed by atoms with Crippen LogP contribution in [0.3, 0.4) is 0 Å². The zero-order valence-electron chi connectivity index (χ0n) is 10.8.